The third-order valence-electron chi connectivity index (χ3n) is 5.48. The van der Waals surface area contributed by atoms with E-state index in [0.29, 0.717) is 66.4 Å². The van der Waals surface area contributed by atoms with E-state index in [2.05, 4.69) is 10.3 Å². The molecule has 0 spiro atoms. The molecule has 0 aliphatic carbocycles. The molecular weight excluding hydrogens is 463 g/mol. The molecule has 1 saturated heterocycles. The topological polar surface area (TPSA) is 78.7 Å². The third-order valence-corrected chi connectivity index (χ3v) is 6.06. The van der Waals surface area contributed by atoms with Gasteiger partial charge in [-0.25, -0.2) is 4.98 Å². The van der Waals surface area contributed by atoms with Crippen molar-refractivity contribution in [2.24, 2.45) is 0 Å². The van der Waals surface area contributed by atoms with Gasteiger partial charge in [-0.15, -0.1) is 0 Å². The molecule has 1 aliphatic rings. The monoisotopic (exact) mass is 486 g/mol. The summed E-state index contributed by atoms with van der Waals surface area (Å²) in [5.41, 5.74) is 1.49. The third kappa shape index (κ3) is 6.35. The maximum atomic E-state index is 12.6. The van der Waals surface area contributed by atoms with Crippen LogP contribution >= 0.6 is 23.2 Å². The van der Waals surface area contributed by atoms with Gasteiger partial charge in [-0.3, -0.25) is 14.5 Å². The van der Waals surface area contributed by atoms with Crippen molar-refractivity contribution in [1.29, 1.82) is 0 Å². The minimum Gasteiger partial charge on any atom is -0.441 e. The zero-order valence-electron chi connectivity index (χ0n) is 18.0. The Balaban J connectivity index is 1.20. The van der Waals surface area contributed by atoms with Crippen molar-refractivity contribution in [2.75, 3.05) is 38.0 Å². The van der Waals surface area contributed by atoms with Gasteiger partial charge in [0.05, 0.1) is 23.5 Å². The summed E-state index contributed by atoms with van der Waals surface area (Å²) >= 11 is 12.0. The number of amides is 2. The Hall–Kier alpha value is -2.87. The van der Waals surface area contributed by atoms with Crippen LogP contribution in [0.5, 0.6) is 0 Å². The summed E-state index contributed by atoms with van der Waals surface area (Å²) < 4.78 is 5.78. The van der Waals surface area contributed by atoms with Crippen molar-refractivity contribution in [1.82, 2.24) is 14.8 Å². The highest BCUT2D eigenvalue weighted by atomic mass is 35.5. The molecule has 0 radical (unpaired) electrons. The van der Waals surface area contributed by atoms with Crippen LogP contribution in [-0.4, -0.2) is 59.3 Å². The van der Waals surface area contributed by atoms with Crippen molar-refractivity contribution < 1.29 is 14.0 Å². The average Bonchev–Trinajstić information content (AvgIpc) is 3.29. The predicted molar refractivity (Wildman–Crippen MR) is 128 cm³/mol. The van der Waals surface area contributed by atoms with E-state index in [-0.39, 0.29) is 18.4 Å². The van der Waals surface area contributed by atoms with Crippen molar-refractivity contribution in [3.8, 4) is 11.3 Å². The standard InChI is InChI=1S/C24H24Cl2N4O3/c25-18-7-5-17(6-8-18)21-15-27-23(33-21)9-10-24(32)30-13-11-29(12-14-30)16-22(31)28-20-4-2-1-3-19(20)26/h1-8,15H,9-14,16H2,(H,28,31). The fourth-order valence-corrected chi connectivity index (χ4v) is 3.97. The zero-order valence-corrected chi connectivity index (χ0v) is 19.5. The Morgan fingerprint density at radius 2 is 1.73 bits per heavy atom. The number of hydrogen-bond donors (Lipinski definition) is 1. The molecule has 1 aliphatic heterocycles. The number of hydrogen-bond acceptors (Lipinski definition) is 5. The quantitative estimate of drug-likeness (QED) is 0.536. The lowest BCUT2D eigenvalue weighted by atomic mass is 10.2. The Labute approximate surface area is 202 Å². The molecule has 0 unspecified atom stereocenters. The number of para-hydroxylation sites is 1. The van der Waals surface area contributed by atoms with Crippen LogP contribution in [0.25, 0.3) is 11.3 Å². The van der Waals surface area contributed by atoms with Crippen LogP contribution in [0.4, 0.5) is 5.69 Å². The van der Waals surface area contributed by atoms with Crippen molar-refractivity contribution in [2.45, 2.75) is 12.8 Å². The largest absolute Gasteiger partial charge is 0.441 e. The van der Waals surface area contributed by atoms with Crippen LogP contribution in [-0.2, 0) is 16.0 Å². The maximum Gasteiger partial charge on any atom is 0.238 e. The van der Waals surface area contributed by atoms with Gasteiger partial charge < -0.3 is 14.6 Å². The van der Waals surface area contributed by atoms with Crippen LogP contribution in [0.3, 0.4) is 0 Å². The highest BCUT2D eigenvalue weighted by Crippen LogP contribution is 2.23. The number of benzene rings is 2. The molecule has 0 saturated carbocycles. The Kier molecular flexibility index (Phi) is 7.65. The number of rotatable bonds is 7. The molecule has 2 heterocycles. The van der Waals surface area contributed by atoms with Gasteiger partial charge in [0.2, 0.25) is 11.8 Å². The number of nitrogens with one attached hydrogen (secondary N) is 1. The van der Waals surface area contributed by atoms with Crippen LogP contribution in [0.2, 0.25) is 10.0 Å². The summed E-state index contributed by atoms with van der Waals surface area (Å²) in [6.07, 6.45) is 2.43. The number of carbonyl (C=O) groups is 2. The van der Waals surface area contributed by atoms with E-state index in [9.17, 15) is 9.59 Å². The van der Waals surface area contributed by atoms with Crippen LogP contribution in [0, 0.1) is 0 Å². The summed E-state index contributed by atoms with van der Waals surface area (Å²) in [5, 5.41) is 3.99. The van der Waals surface area contributed by atoms with Crippen LogP contribution in [0.15, 0.2) is 59.1 Å². The Morgan fingerprint density at radius 3 is 2.45 bits per heavy atom. The second kappa shape index (κ2) is 10.8. The maximum absolute atomic E-state index is 12.6. The normalized spacial score (nSPS) is 14.3. The van der Waals surface area contributed by atoms with Gasteiger partial charge in [-0.2, -0.15) is 0 Å². The summed E-state index contributed by atoms with van der Waals surface area (Å²) in [4.78, 5) is 33.1. The lowest BCUT2D eigenvalue weighted by molar-refractivity contribution is -0.133. The van der Waals surface area contributed by atoms with E-state index < -0.39 is 0 Å². The molecule has 9 heteroatoms. The van der Waals surface area contributed by atoms with Crippen LogP contribution < -0.4 is 5.32 Å². The first-order valence-corrected chi connectivity index (χ1v) is 11.5. The summed E-state index contributed by atoms with van der Waals surface area (Å²) in [6, 6.07) is 14.5. The van der Waals surface area contributed by atoms with E-state index in [1.165, 1.54) is 0 Å². The van der Waals surface area contributed by atoms with Crippen molar-refractivity contribution in [3.05, 3.63) is 70.7 Å². The van der Waals surface area contributed by atoms with Gasteiger partial charge in [-0.1, -0.05) is 35.3 Å². The first-order valence-electron chi connectivity index (χ1n) is 10.7. The fraction of sp³-hybridized carbons (Fsp3) is 0.292. The molecule has 7 nitrogen and oxygen atoms in total. The second-order valence-electron chi connectivity index (χ2n) is 7.81. The molecule has 0 atom stereocenters. The van der Waals surface area contributed by atoms with Gasteiger partial charge in [0.25, 0.3) is 0 Å². The fourth-order valence-electron chi connectivity index (χ4n) is 3.66. The molecular formula is C24H24Cl2N4O3. The lowest BCUT2D eigenvalue weighted by Gasteiger charge is -2.34. The van der Waals surface area contributed by atoms with Gasteiger partial charge in [0.1, 0.15) is 0 Å². The first kappa shape index (κ1) is 23.3. The highest BCUT2D eigenvalue weighted by molar-refractivity contribution is 6.33. The molecule has 1 fully saturated rings. The number of piperazine rings is 1. The number of anilines is 1. The number of carbonyl (C=O) groups excluding carboxylic acids is 2. The van der Waals surface area contributed by atoms with E-state index in [1.807, 2.05) is 34.1 Å². The Morgan fingerprint density at radius 1 is 1.00 bits per heavy atom. The average molecular weight is 487 g/mol. The Bertz CT molecular complexity index is 1110. The van der Waals surface area contributed by atoms with E-state index in [4.69, 9.17) is 27.6 Å². The van der Waals surface area contributed by atoms with Crippen molar-refractivity contribution >= 4 is 40.7 Å². The SMILES string of the molecule is O=C(CN1CCN(C(=O)CCc2ncc(-c3ccc(Cl)cc3)o2)CC1)Nc1ccccc1Cl. The molecule has 0 bridgehead atoms. The summed E-state index contributed by atoms with van der Waals surface area (Å²) in [6.45, 7) is 2.71. The van der Waals surface area contributed by atoms with Gasteiger partial charge in [-0.05, 0) is 36.4 Å². The predicted octanol–water partition coefficient (Wildman–Crippen LogP) is 4.36. The number of aryl methyl sites for hydroxylation is 1. The number of aromatic nitrogens is 1. The number of nitrogens with zero attached hydrogens (tertiary/aromatic N) is 3. The highest BCUT2D eigenvalue weighted by Gasteiger charge is 2.23. The number of halogens is 2. The number of oxazole rings is 1. The van der Waals surface area contributed by atoms with Crippen molar-refractivity contribution in [3.63, 3.8) is 0 Å². The molecule has 2 amide bonds. The molecule has 4 rings (SSSR count). The lowest BCUT2D eigenvalue weighted by Crippen LogP contribution is -2.50. The first-order chi connectivity index (χ1) is 16.0. The smallest absolute Gasteiger partial charge is 0.238 e. The van der Waals surface area contributed by atoms with E-state index >= 15 is 0 Å². The molecule has 1 aromatic heterocycles. The molecule has 33 heavy (non-hydrogen) atoms. The summed E-state index contributed by atoms with van der Waals surface area (Å²) in [7, 11) is 0. The zero-order chi connectivity index (χ0) is 23.2. The minimum atomic E-state index is -0.122. The van der Waals surface area contributed by atoms with E-state index in [0.717, 1.165) is 5.56 Å². The molecule has 172 valence electrons. The minimum absolute atomic E-state index is 0.0569. The molecule has 3 aromatic rings. The second-order valence-corrected chi connectivity index (χ2v) is 8.65. The van der Waals surface area contributed by atoms with Gasteiger partial charge in [0.15, 0.2) is 11.7 Å². The van der Waals surface area contributed by atoms with Crippen LogP contribution in [0.1, 0.15) is 12.3 Å². The van der Waals surface area contributed by atoms with E-state index in [1.54, 1.807) is 30.5 Å². The van der Waals surface area contributed by atoms with Gasteiger partial charge >= 0.3 is 0 Å². The molecule has 1 N–H and O–H groups in total. The van der Waals surface area contributed by atoms with Gasteiger partial charge in [0, 0.05) is 49.6 Å². The molecule has 2 aromatic carbocycles. The summed E-state index contributed by atoms with van der Waals surface area (Å²) in [5.74, 6) is 1.12.